The van der Waals surface area contributed by atoms with Gasteiger partial charge in [-0.05, 0) is 43.4 Å². The lowest BCUT2D eigenvalue weighted by atomic mass is 9.95. The van der Waals surface area contributed by atoms with Crippen molar-refractivity contribution >= 4 is 52.8 Å². The van der Waals surface area contributed by atoms with Crippen molar-refractivity contribution in [3.63, 3.8) is 0 Å². The number of aliphatic imine (C=N–C) groups is 1. The number of carbonyl (C=O) groups is 3. The Morgan fingerprint density at radius 3 is 2.60 bits per heavy atom. The molecule has 2 N–H and O–H groups in total. The van der Waals surface area contributed by atoms with Gasteiger partial charge in [0, 0.05) is 72.2 Å². The fraction of sp³-hybridized carbons (Fsp3) is 0.257. The number of amidine groups is 1. The highest BCUT2D eigenvalue weighted by atomic mass is 35.5. The number of hydrogen-bond acceptors (Lipinski definition) is 11. The number of anilines is 1. The number of benzene rings is 2. The lowest BCUT2D eigenvalue weighted by Crippen LogP contribution is -2.56. The van der Waals surface area contributed by atoms with Crippen LogP contribution in [0.15, 0.2) is 88.6 Å². The molecule has 1 saturated heterocycles. The van der Waals surface area contributed by atoms with Crippen molar-refractivity contribution in [2.45, 2.75) is 12.1 Å². The minimum Gasteiger partial charge on any atom is -0.478 e. The summed E-state index contributed by atoms with van der Waals surface area (Å²) < 4.78 is 19.3. The number of likely N-dealkylation sites (N-methyl/N-ethyl adjacent to an activating group) is 1. The minimum atomic E-state index is -1.00. The van der Waals surface area contributed by atoms with E-state index in [2.05, 4.69) is 25.1 Å². The van der Waals surface area contributed by atoms with Crippen LogP contribution in [0.4, 0.5) is 10.1 Å². The first-order valence-corrected chi connectivity index (χ1v) is 16.9. The molecule has 1 unspecified atom stereocenters. The number of thiazole rings is 1. The maximum absolute atomic E-state index is 14.0. The predicted octanol–water partition coefficient (Wildman–Crippen LogP) is 4.49. The summed E-state index contributed by atoms with van der Waals surface area (Å²) in [6.07, 6.45) is 4.06. The average Bonchev–Trinajstić information content (AvgIpc) is 3.67. The van der Waals surface area contributed by atoms with Crippen molar-refractivity contribution in [3.05, 3.63) is 111 Å². The van der Waals surface area contributed by atoms with Crippen LogP contribution < -0.4 is 10.2 Å². The topological polar surface area (TPSA) is 141 Å². The third kappa shape index (κ3) is 7.58. The summed E-state index contributed by atoms with van der Waals surface area (Å²) in [6, 6.07) is 13.1. The number of esters is 1. The quantitative estimate of drug-likeness (QED) is 0.169. The maximum atomic E-state index is 14.0. The Morgan fingerprint density at radius 1 is 1.16 bits per heavy atom. The molecule has 2 aromatic carbocycles. The summed E-state index contributed by atoms with van der Waals surface area (Å²) in [7, 11) is 3.30. The van der Waals surface area contributed by atoms with Crippen LogP contribution in [0.5, 0.6) is 0 Å². The number of halogens is 2. The Balaban J connectivity index is 1.23. The van der Waals surface area contributed by atoms with E-state index in [0.717, 1.165) is 12.0 Å². The zero-order chi connectivity index (χ0) is 35.4. The van der Waals surface area contributed by atoms with Crippen molar-refractivity contribution in [1.29, 1.82) is 0 Å². The lowest BCUT2D eigenvalue weighted by Gasteiger charge is -2.41. The molecule has 258 valence electrons. The van der Waals surface area contributed by atoms with E-state index < -0.39 is 23.8 Å². The van der Waals surface area contributed by atoms with Gasteiger partial charge in [-0.3, -0.25) is 24.6 Å². The number of carboxylic acids is 1. The molecule has 0 spiro atoms. The maximum Gasteiger partial charge on any atom is 0.338 e. The molecule has 1 amide bonds. The van der Waals surface area contributed by atoms with Gasteiger partial charge in [-0.15, -0.1) is 11.3 Å². The molecule has 2 aliphatic rings. The molecule has 4 heterocycles. The summed E-state index contributed by atoms with van der Waals surface area (Å²) in [4.78, 5) is 56.6. The molecule has 12 nitrogen and oxygen atoms in total. The third-order valence-electron chi connectivity index (χ3n) is 8.71. The highest BCUT2D eigenvalue weighted by molar-refractivity contribution is 7.11. The predicted molar refractivity (Wildman–Crippen MR) is 188 cm³/mol. The first-order valence-electron chi connectivity index (χ1n) is 15.6. The first-order chi connectivity index (χ1) is 24.1. The van der Waals surface area contributed by atoms with Gasteiger partial charge in [-0.2, -0.15) is 0 Å². The molecule has 0 bridgehead atoms. The van der Waals surface area contributed by atoms with Crippen LogP contribution in [-0.2, 0) is 14.3 Å². The smallest absolute Gasteiger partial charge is 0.338 e. The van der Waals surface area contributed by atoms with Crippen molar-refractivity contribution in [1.82, 2.24) is 25.1 Å². The number of hydrogen-bond donors (Lipinski definition) is 2. The second-order valence-electron chi connectivity index (χ2n) is 11.8. The number of carbonyl (C=O) groups excluding carboxylic acids is 2. The van der Waals surface area contributed by atoms with E-state index in [1.165, 1.54) is 48.8 Å². The first kappa shape index (κ1) is 34.8. The Morgan fingerprint density at radius 2 is 1.96 bits per heavy atom. The minimum absolute atomic E-state index is 0.0719. The highest BCUT2D eigenvalue weighted by Gasteiger charge is 2.36. The van der Waals surface area contributed by atoms with Crippen LogP contribution >= 0.6 is 22.9 Å². The summed E-state index contributed by atoms with van der Waals surface area (Å²) in [5.41, 5.74) is 3.48. The molecule has 1 fully saturated rings. The number of amides is 1. The molecule has 6 rings (SSSR count). The van der Waals surface area contributed by atoms with Gasteiger partial charge in [0.2, 0.25) is 6.41 Å². The van der Waals surface area contributed by atoms with Gasteiger partial charge in [0.15, 0.2) is 10.8 Å². The number of piperazine rings is 1. The van der Waals surface area contributed by atoms with Crippen molar-refractivity contribution in [2.24, 2.45) is 4.99 Å². The molecule has 15 heteroatoms. The average molecular weight is 718 g/mol. The number of pyridine rings is 1. The molecular formula is C35H33ClFN7O5S. The second kappa shape index (κ2) is 15.3. The van der Waals surface area contributed by atoms with E-state index in [0.29, 0.717) is 66.2 Å². The summed E-state index contributed by atoms with van der Waals surface area (Å²) in [5, 5.41) is 15.1. The zero-order valence-electron chi connectivity index (χ0n) is 27.1. The van der Waals surface area contributed by atoms with Gasteiger partial charge in [0.05, 0.1) is 35.8 Å². The summed E-state index contributed by atoms with van der Waals surface area (Å²) in [6.45, 7) is 2.64. The van der Waals surface area contributed by atoms with Crippen LogP contribution in [0.1, 0.15) is 27.0 Å². The molecule has 0 aliphatic carbocycles. The van der Waals surface area contributed by atoms with Crippen LogP contribution in [0.25, 0.3) is 11.3 Å². The van der Waals surface area contributed by atoms with E-state index in [4.69, 9.17) is 21.3 Å². The van der Waals surface area contributed by atoms with Crippen molar-refractivity contribution in [3.8, 4) is 11.3 Å². The molecule has 0 saturated carbocycles. The van der Waals surface area contributed by atoms with E-state index in [-0.39, 0.29) is 22.2 Å². The Labute approximate surface area is 296 Å². The summed E-state index contributed by atoms with van der Waals surface area (Å²) >= 11 is 7.89. The van der Waals surface area contributed by atoms with Gasteiger partial charge < -0.3 is 20.1 Å². The SMILES string of the molecule is COC(=O)C1=C(CN2CCN(C)C(CN(C=O)c3ccc(-c4ccc(C(=O)O)cc4)nc3)C2)NC(c2nccs2)=N[C@H]1c1ccc(F)cc1Cl. The van der Waals surface area contributed by atoms with E-state index in [9.17, 15) is 23.9 Å². The van der Waals surface area contributed by atoms with Crippen LogP contribution in [-0.4, -0.2) is 102 Å². The number of nitrogens with one attached hydrogen (secondary N) is 1. The Bertz CT molecular complexity index is 1940. The number of nitrogens with zero attached hydrogens (tertiary/aromatic N) is 6. The fourth-order valence-electron chi connectivity index (χ4n) is 5.99. The van der Waals surface area contributed by atoms with E-state index in [1.807, 2.05) is 18.5 Å². The number of methoxy groups -OCH3 is 1. The molecule has 0 radical (unpaired) electrons. The van der Waals surface area contributed by atoms with Gasteiger partial charge in [0.25, 0.3) is 0 Å². The van der Waals surface area contributed by atoms with Crippen LogP contribution in [0.3, 0.4) is 0 Å². The fourth-order valence-corrected chi connectivity index (χ4v) is 6.85. The van der Waals surface area contributed by atoms with Crippen molar-refractivity contribution < 1.29 is 28.6 Å². The normalized spacial score (nSPS) is 18.3. The van der Waals surface area contributed by atoms with E-state index >= 15 is 0 Å². The highest BCUT2D eigenvalue weighted by Crippen LogP contribution is 2.37. The zero-order valence-corrected chi connectivity index (χ0v) is 28.7. The molecule has 2 aliphatic heterocycles. The Kier molecular flexibility index (Phi) is 10.6. The van der Waals surface area contributed by atoms with Gasteiger partial charge >= 0.3 is 11.9 Å². The third-order valence-corrected chi connectivity index (χ3v) is 9.82. The van der Waals surface area contributed by atoms with Crippen LogP contribution in [0.2, 0.25) is 5.02 Å². The monoisotopic (exact) mass is 717 g/mol. The molecular weight excluding hydrogens is 685 g/mol. The van der Waals surface area contributed by atoms with Crippen molar-refractivity contribution in [2.75, 3.05) is 51.8 Å². The molecule has 2 atom stereocenters. The lowest BCUT2D eigenvalue weighted by molar-refractivity contribution is -0.136. The summed E-state index contributed by atoms with van der Waals surface area (Å²) in [5.74, 6) is -1.64. The number of ether oxygens (including phenoxy) is 1. The standard InChI is InChI=1S/C35H33ClFN7O5S/c1-42-12-13-43(17-25(42)18-44(20-45)24-8-10-28(39-16-24)21-3-5-22(6-4-21)34(46)47)19-29-30(35(48)49-2)31(26-9-7-23(37)15-27(26)36)41-32(40-29)33-38-11-14-50-33/h3-11,14-16,20,25,31H,12-13,17-19H2,1-2H3,(H,40,41)(H,46,47)/t25?,31-/m0/s1. The number of carboxylic acid groups (broad SMARTS) is 1. The molecule has 50 heavy (non-hydrogen) atoms. The number of aromatic carboxylic acids is 1. The van der Waals surface area contributed by atoms with Gasteiger partial charge in [-0.1, -0.05) is 29.8 Å². The largest absolute Gasteiger partial charge is 0.478 e. The van der Waals surface area contributed by atoms with Crippen LogP contribution in [0, 0.1) is 5.82 Å². The molecule has 2 aromatic heterocycles. The second-order valence-corrected chi connectivity index (χ2v) is 13.1. The van der Waals surface area contributed by atoms with E-state index in [1.54, 1.807) is 35.5 Å². The van der Waals surface area contributed by atoms with Gasteiger partial charge in [-0.25, -0.2) is 19.0 Å². The van der Waals surface area contributed by atoms with Gasteiger partial charge in [0.1, 0.15) is 11.9 Å². The Hall–Kier alpha value is -5.02. The molecule has 4 aromatic rings. The number of aromatic nitrogens is 2. The number of rotatable bonds is 11.